The Hall–Kier alpha value is -1.49. The van der Waals surface area contributed by atoms with Crippen molar-refractivity contribution in [3.63, 3.8) is 0 Å². The van der Waals surface area contributed by atoms with Crippen molar-refractivity contribution in [3.05, 3.63) is 54.4 Å². The van der Waals surface area contributed by atoms with E-state index in [4.69, 9.17) is 5.26 Å². The summed E-state index contributed by atoms with van der Waals surface area (Å²) < 4.78 is 2.07. The van der Waals surface area contributed by atoms with Crippen LogP contribution in [-0.4, -0.2) is 19.5 Å². The molecular weight excluding hydrogens is 251 g/mol. The van der Waals surface area contributed by atoms with Gasteiger partial charge >= 0.3 is 95.1 Å². The molecule has 0 unspecified atom stereocenters. The van der Waals surface area contributed by atoms with Crippen LogP contribution in [0.5, 0.6) is 0 Å². The Labute approximate surface area is 95.3 Å². The van der Waals surface area contributed by atoms with E-state index in [9.17, 15) is 0 Å². The molecule has 0 aliphatic rings. The molecule has 0 atom stereocenters. The van der Waals surface area contributed by atoms with Crippen molar-refractivity contribution in [3.8, 4) is 10.7 Å². The Morgan fingerprint density at radius 3 is 2.40 bits per heavy atom. The van der Waals surface area contributed by atoms with Crippen LogP contribution in [0.1, 0.15) is 5.56 Å². The molecule has 1 aromatic carbocycles. The number of nitriles is 1. The van der Waals surface area contributed by atoms with Crippen LogP contribution in [0.15, 0.2) is 48.8 Å². The first-order valence-corrected chi connectivity index (χ1v) is 6.70. The molecule has 0 fully saturated rings. The van der Waals surface area contributed by atoms with Crippen molar-refractivity contribution >= 4 is 15.0 Å². The molecule has 2 aromatic rings. The molecule has 0 spiro atoms. The molecule has 0 saturated carbocycles. The van der Waals surface area contributed by atoms with Gasteiger partial charge in [-0.05, 0) is 0 Å². The Morgan fingerprint density at radius 1 is 1.13 bits per heavy atom. The number of hydrogen-bond acceptors (Lipinski definition) is 1. The number of hydrogen-bond donors (Lipinski definition) is 0. The zero-order chi connectivity index (χ0) is 10.5. The molecule has 3 heteroatoms. The third-order valence-electron chi connectivity index (χ3n) is 2.14. The molecule has 0 radical (unpaired) electrons. The number of rotatable bonds is 3. The van der Waals surface area contributed by atoms with Gasteiger partial charge in [-0.3, -0.25) is 0 Å². The van der Waals surface area contributed by atoms with E-state index >= 15 is 0 Å². The van der Waals surface area contributed by atoms with Gasteiger partial charge in [0.15, 0.2) is 0 Å². The number of nitrogens with zero attached hydrogens (tertiary/aromatic N) is 2. The normalized spacial score (nSPS) is 9.80. The van der Waals surface area contributed by atoms with E-state index in [1.807, 2.05) is 24.5 Å². The van der Waals surface area contributed by atoms with E-state index < -0.39 is 0 Å². The number of aromatic nitrogens is 1. The van der Waals surface area contributed by atoms with Gasteiger partial charge in [0, 0.05) is 0 Å². The second-order valence-corrected chi connectivity index (χ2v) is 4.73. The standard InChI is InChI=1S/C12H10N2Se/c13-10-15-9-11-3-5-12(6-4-11)14-7-1-2-8-14/h1-8H,9H2. The van der Waals surface area contributed by atoms with Gasteiger partial charge in [0.1, 0.15) is 0 Å². The van der Waals surface area contributed by atoms with E-state index in [2.05, 4.69) is 33.8 Å². The molecular formula is C12H10N2Se. The molecule has 0 aliphatic carbocycles. The van der Waals surface area contributed by atoms with Gasteiger partial charge in [-0.25, -0.2) is 0 Å². The van der Waals surface area contributed by atoms with Crippen LogP contribution >= 0.6 is 0 Å². The fourth-order valence-electron chi connectivity index (χ4n) is 1.39. The van der Waals surface area contributed by atoms with E-state index in [1.54, 1.807) is 0 Å². The average molecular weight is 261 g/mol. The maximum atomic E-state index is 8.51. The summed E-state index contributed by atoms with van der Waals surface area (Å²) in [5.41, 5.74) is 2.40. The summed E-state index contributed by atoms with van der Waals surface area (Å²) >= 11 is 0.0783. The predicted molar refractivity (Wildman–Crippen MR) is 60.8 cm³/mol. The minimum atomic E-state index is 0.0783. The monoisotopic (exact) mass is 262 g/mol. The molecule has 0 bridgehead atoms. The Morgan fingerprint density at radius 2 is 1.80 bits per heavy atom. The molecule has 0 aliphatic heterocycles. The van der Waals surface area contributed by atoms with Crippen LogP contribution in [0.2, 0.25) is 0 Å². The zero-order valence-electron chi connectivity index (χ0n) is 8.13. The van der Waals surface area contributed by atoms with Crippen LogP contribution in [-0.2, 0) is 5.32 Å². The molecule has 1 heterocycles. The zero-order valence-corrected chi connectivity index (χ0v) is 9.84. The van der Waals surface area contributed by atoms with Crippen LogP contribution < -0.4 is 0 Å². The Bertz CT molecular complexity index is 451. The van der Waals surface area contributed by atoms with Crippen molar-refractivity contribution in [1.82, 2.24) is 4.57 Å². The average Bonchev–Trinajstić information content (AvgIpc) is 2.80. The van der Waals surface area contributed by atoms with Gasteiger partial charge in [-0.15, -0.1) is 0 Å². The maximum absolute atomic E-state index is 8.51. The van der Waals surface area contributed by atoms with Gasteiger partial charge in [-0.1, -0.05) is 0 Å². The van der Waals surface area contributed by atoms with E-state index in [0.29, 0.717) is 0 Å². The van der Waals surface area contributed by atoms with Gasteiger partial charge in [-0.2, -0.15) is 0 Å². The molecule has 0 saturated heterocycles. The van der Waals surface area contributed by atoms with Gasteiger partial charge in [0.2, 0.25) is 0 Å². The van der Waals surface area contributed by atoms with Crippen molar-refractivity contribution in [2.45, 2.75) is 5.32 Å². The van der Waals surface area contributed by atoms with E-state index in [0.717, 1.165) is 11.0 Å². The predicted octanol–water partition coefficient (Wildman–Crippen LogP) is 2.16. The topological polar surface area (TPSA) is 28.7 Å². The van der Waals surface area contributed by atoms with Crippen LogP contribution in [0.25, 0.3) is 5.69 Å². The summed E-state index contributed by atoms with van der Waals surface area (Å²) in [6.07, 6.45) is 4.04. The van der Waals surface area contributed by atoms with Gasteiger partial charge < -0.3 is 0 Å². The van der Waals surface area contributed by atoms with E-state index in [1.165, 1.54) is 5.56 Å². The molecule has 15 heavy (non-hydrogen) atoms. The van der Waals surface area contributed by atoms with Gasteiger partial charge in [0.05, 0.1) is 0 Å². The molecule has 0 N–H and O–H groups in total. The second kappa shape index (κ2) is 4.84. The third-order valence-corrected chi connectivity index (χ3v) is 3.42. The Balaban J connectivity index is 2.15. The molecule has 2 nitrogen and oxygen atoms in total. The summed E-state index contributed by atoms with van der Waals surface area (Å²) in [4.78, 5) is 2.22. The first-order valence-electron chi connectivity index (χ1n) is 4.63. The van der Waals surface area contributed by atoms with Gasteiger partial charge in [0.25, 0.3) is 0 Å². The summed E-state index contributed by atoms with van der Waals surface area (Å²) in [7, 11) is 0. The van der Waals surface area contributed by atoms with Crippen LogP contribution in [0, 0.1) is 10.2 Å². The second-order valence-electron chi connectivity index (χ2n) is 3.14. The molecule has 2 rings (SSSR count). The summed E-state index contributed by atoms with van der Waals surface area (Å²) in [6.45, 7) is 0. The van der Waals surface area contributed by atoms with Crippen molar-refractivity contribution in [2.75, 3.05) is 0 Å². The third kappa shape index (κ3) is 2.50. The van der Waals surface area contributed by atoms with Crippen molar-refractivity contribution < 1.29 is 0 Å². The summed E-state index contributed by atoms with van der Waals surface area (Å²) in [6, 6.07) is 12.4. The fourth-order valence-corrected chi connectivity index (χ4v) is 2.28. The van der Waals surface area contributed by atoms with Crippen LogP contribution in [0.3, 0.4) is 0 Å². The van der Waals surface area contributed by atoms with Crippen molar-refractivity contribution in [1.29, 1.82) is 5.26 Å². The summed E-state index contributed by atoms with van der Waals surface area (Å²) in [5, 5.41) is 9.40. The van der Waals surface area contributed by atoms with Crippen LogP contribution in [0.4, 0.5) is 0 Å². The fraction of sp³-hybridized carbons (Fsp3) is 0.0833. The van der Waals surface area contributed by atoms with Crippen molar-refractivity contribution in [2.24, 2.45) is 0 Å². The minimum absolute atomic E-state index is 0.0783. The molecule has 1 aromatic heterocycles. The molecule has 0 amide bonds. The quantitative estimate of drug-likeness (QED) is 0.778. The van der Waals surface area contributed by atoms with E-state index in [-0.39, 0.29) is 15.0 Å². The Kier molecular flexibility index (Phi) is 3.24. The first kappa shape index (κ1) is 10.0. The molecule has 74 valence electrons. The first-order chi connectivity index (χ1) is 7.40. The summed E-state index contributed by atoms with van der Waals surface area (Å²) in [5.74, 6) is 0. The number of benzene rings is 1. The SMILES string of the molecule is N#C[Se]Cc1ccc(-n2cccc2)cc1.